The quantitative estimate of drug-likeness (QED) is 0.501. The van der Waals surface area contributed by atoms with E-state index >= 15 is 0 Å². The van der Waals surface area contributed by atoms with Crippen molar-refractivity contribution in [2.75, 3.05) is 27.9 Å². The van der Waals surface area contributed by atoms with E-state index in [2.05, 4.69) is 0 Å². The van der Waals surface area contributed by atoms with Gasteiger partial charge >= 0.3 is 8.80 Å². The number of hydrazine groups is 1. The maximum absolute atomic E-state index is 12.1. The fourth-order valence-electron chi connectivity index (χ4n) is 1.83. The van der Waals surface area contributed by atoms with Crippen LogP contribution in [-0.2, 0) is 18.1 Å². The van der Waals surface area contributed by atoms with Crippen molar-refractivity contribution in [2.45, 2.75) is 18.9 Å². The summed E-state index contributed by atoms with van der Waals surface area (Å²) < 4.78 is 15.4. The van der Waals surface area contributed by atoms with Crippen molar-refractivity contribution in [1.82, 2.24) is 5.01 Å². The number of carbonyl (C=O) groups excluding carboxylic acids is 1. The normalized spacial score (nSPS) is 23.3. The molecule has 88 valence electrons. The Morgan fingerprint density at radius 3 is 2.20 bits per heavy atom. The van der Waals surface area contributed by atoms with Crippen LogP contribution in [-0.4, -0.2) is 53.1 Å². The Morgan fingerprint density at radius 2 is 1.87 bits per heavy atom. The molecule has 0 aliphatic carbocycles. The summed E-state index contributed by atoms with van der Waals surface area (Å²) in [6, 6.07) is -0.337. The first-order valence-electron chi connectivity index (χ1n) is 4.82. The molecule has 1 aliphatic heterocycles. The minimum atomic E-state index is -3.19. The summed E-state index contributed by atoms with van der Waals surface area (Å²) in [5.74, 6) is 5.71. The molecular formula is C8H18N2O4Si. The summed E-state index contributed by atoms with van der Waals surface area (Å²) >= 11 is 0. The molecule has 0 saturated carbocycles. The van der Waals surface area contributed by atoms with E-state index < -0.39 is 8.80 Å². The van der Waals surface area contributed by atoms with E-state index in [4.69, 9.17) is 19.1 Å². The SMILES string of the molecule is CO[Si](OC)(OC)C(=O)C1CCCN1N. The average Bonchev–Trinajstić information content (AvgIpc) is 2.67. The molecule has 1 aliphatic rings. The van der Waals surface area contributed by atoms with Crippen molar-refractivity contribution in [3.63, 3.8) is 0 Å². The highest BCUT2D eigenvalue weighted by molar-refractivity contribution is 6.93. The third-order valence-corrected chi connectivity index (χ3v) is 5.25. The third kappa shape index (κ3) is 2.27. The van der Waals surface area contributed by atoms with Gasteiger partial charge in [0.1, 0.15) is 0 Å². The molecule has 1 unspecified atom stereocenters. The van der Waals surface area contributed by atoms with E-state index in [9.17, 15) is 4.79 Å². The third-order valence-electron chi connectivity index (χ3n) is 2.70. The molecule has 0 aromatic carbocycles. The van der Waals surface area contributed by atoms with E-state index in [0.29, 0.717) is 0 Å². The van der Waals surface area contributed by atoms with Crippen LogP contribution in [0.25, 0.3) is 0 Å². The van der Waals surface area contributed by atoms with Gasteiger partial charge < -0.3 is 13.3 Å². The summed E-state index contributed by atoms with van der Waals surface area (Å²) in [5, 5.41) is 1.37. The Balaban J connectivity index is 2.80. The zero-order valence-electron chi connectivity index (χ0n) is 9.36. The zero-order valence-corrected chi connectivity index (χ0v) is 10.4. The molecule has 6 nitrogen and oxygen atoms in total. The standard InChI is InChI=1S/C8H18N2O4Si/c1-12-15(13-2,14-3)8(11)7-5-4-6-10(7)9/h7H,4-6,9H2,1-3H3. The first-order chi connectivity index (χ1) is 7.11. The molecule has 1 atom stereocenters. The van der Waals surface area contributed by atoms with Crippen LogP contribution in [0.4, 0.5) is 0 Å². The van der Waals surface area contributed by atoms with E-state index in [0.717, 1.165) is 19.4 Å². The van der Waals surface area contributed by atoms with E-state index in [1.54, 1.807) is 0 Å². The van der Waals surface area contributed by atoms with Crippen LogP contribution in [0.5, 0.6) is 0 Å². The minimum Gasteiger partial charge on any atom is -0.372 e. The van der Waals surface area contributed by atoms with Gasteiger partial charge in [0.15, 0.2) is 0 Å². The van der Waals surface area contributed by atoms with Crippen LogP contribution in [0.15, 0.2) is 0 Å². The van der Waals surface area contributed by atoms with Gasteiger partial charge in [0.2, 0.25) is 5.41 Å². The van der Waals surface area contributed by atoms with E-state index in [1.807, 2.05) is 0 Å². The van der Waals surface area contributed by atoms with Gasteiger partial charge in [-0.25, -0.2) is 5.01 Å². The van der Waals surface area contributed by atoms with E-state index in [1.165, 1.54) is 26.3 Å². The fourth-order valence-corrected chi connectivity index (χ4v) is 3.65. The highest BCUT2D eigenvalue weighted by atomic mass is 28.4. The molecule has 0 bridgehead atoms. The molecule has 0 aromatic heterocycles. The summed E-state index contributed by atoms with van der Waals surface area (Å²) in [6.07, 6.45) is 1.65. The molecule has 0 spiro atoms. The van der Waals surface area contributed by atoms with E-state index in [-0.39, 0.29) is 11.4 Å². The Hall–Kier alpha value is -0.313. The predicted octanol–water partition coefficient (Wildman–Crippen LogP) is -0.689. The number of nitrogens with two attached hydrogens (primary N) is 1. The number of rotatable bonds is 5. The molecule has 2 N–H and O–H groups in total. The number of carbonyl (C=O) groups is 1. The summed E-state index contributed by atoms with van der Waals surface area (Å²) in [7, 11) is 1.08. The molecule has 1 rings (SSSR count). The Labute approximate surface area is 90.6 Å². The van der Waals surface area contributed by atoms with Crippen LogP contribution in [0.1, 0.15) is 12.8 Å². The monoisotopic (exact) mass is 234 g/mol. The van der Waals surface area contributed by atoms with Gasteiger partial charge in [0.25, 0.3) is 0 Å². The van der Waals surface area contributed by atoms with Crippen molar-refractivity contribution in [3.8, 4) is 0 Å². The second kappa shape index (κ2) is 5.15. The van der Waals surface area contributed by atoms with Gasteiger partial charge in [0.05, 0.1) is 6.04 Å². The second-order valence-electron chi connectivity index (χ2n) is 3.43. The van der Waals surface area contributed by atoms with Gasteiger partial charge in [-0.1, -0.05) is 0 Å². The van der Waals surface area contributed by atoms with Crippen LogP contribution in [0.2, 0.25) is 0 Å². The van der Waals surface area contributed by atoms with Crippen molar-refractivity contribution >= 4 is 14.2 Å². The van der Waals surface area contributed by atoms with Crippen LogP contribution in [0.3, 0.4) is 0 Å². The first kappa shape index (κ1) is 12.8. The van der Waals surface area contributed by atoms with Gasteiger partial charge in [-0.2, -0.15) is 0 Å². The summed E-state index contributed by atoms with van der Waals surface area (Å²) in [6.45, 7) is 0.720. The van der Waals surface area contributed by atoms with Gasteiger partial charge in [-0.15, -0.1) is 0 Å². The lowest BCUT2D eigenvalue weighted by Gasteiger charge is -2.27. The average molecular weight is 234 g/mol. The molecule has 0 amide bonds. The second-order valence-corrected chi connectivity index (χ2v) is 6.26. The maximum atomic E-state index is 12.1. The van der Waals surface area contributed by atoms with Crippen molar-refractivity contribution in [3.05, 3.63) is 0 Å². The van der Waals surface area contributed by atoms with Crippen molar-refractivity contribution < 1.29 is 18.1 Å². The first-order valence-corrected chi connectivity index (χ1v) is 6.55. The molecule has 1 fully saturated rings. The highest BCUT2D eigenvalue weighted by Crippen LogP contribution is 2.20. The lowest BCUT2D eigenvalue weighted by atomic mass is 10.2. The number of hydrogen-bond acceptors (Lipinski definition) is 6. The lowest BCUT2D eigenvalue weighted by Crippen LogP contribution is -2.59. The van der Waals surface area contributed by atoms with Crippen LogP contribution < -0.4 is 5.84 Å². The van der Waals surface area contributed by atoms with Crippen molar-refractivity contribution in [1.29, 1.82) is 0 Å². The molecule has 15 heavy (non-hydrogen) atoms. The van der Waals surface area contributed by atoms with Gasteiger partial charge in [-0.3, -0.25) is 10.6 Å². The predicted molar refractivity (Wildman–Crippen MR) is 55.7 cm³/mol. The van der Waals surface area contributed by atoms with Crippen molar-refractivity contribution in [2.24, 2.45) is 5.84 Å². The number of hydrogen-bond donors (Lipinski definition) is 1. The molecular weight excluding hydrogens is 216 g/mol. The Bertz CT molecular complexity index is 226. The lowest BCUT2D eigenvalue weighted by molar-refractivity contribution is -0.122. The molecule has 0 aromatic rings. The minimum absolute atomic E-state index is 0.157. The molecule has 0 radical (unpaired) electrons. The molecule has 1 saturated heterocycles. The molecule has 7 heteroatoms. The van der Waals surface area contributed by atoms with Gasteiger partial charge in [-0.05, 0) is 12.8 Å². The number of nitrogens with zero attached hydrogens (tertiary/aromatic N) is 1. The largest absolute Gasteiger partial charge is 0.575 e. The maximum Gasteiger partial charge on any atom is 0.575 e. The topological polar surface area (TPSA) is 74.0 Å². The summed E-state index contributed by atoms with van der Waals surface area (Å²) in [4.78, 5) is 12.1. The zero-order chi connectivity index (χ0) is 11.5. The Morgan fingerprint density at radius 1 is 1.33 bits per heavy atom. The fraction of sp³-hybridized carbons (Fsp3) is 0.875. The smallest absolute Gasteiger partial charge is 0.372 e. The van der Waals surface area contributed by atoms with Crippen LogP contribution in [0, 0.1) is 0 Å². The van der Waals surface area contributed by atoms with Gasteiger partial charge in [0, 0.05) is 27.9 Å². The summed E-state index contributed by atoms with van der Waals surface area (Å²) in [5.41, 5.74) is 0. The van der Waals surface area contributed by atoms with Crippen LogP contribution >= 0.6 is 0 Å². The Kier molecular flexibility index (Phi) is 4.38. The highest BCUT2D eigenvalue weighted by Gasteiger charge is 2.52. The molecule has 1 heterocycles.